The van der Waals surface area contributed by atoms with Gasteiger partial charge in [0.15, 0.2) is 11.6 Å². The summed E-state index contributed by atoms with van der Waals surface area (Å²) in [7, 11) is 1.64. The van der Waals surface area contributed by atoms with Crippen molar-refractivity contribution in [2.24, 2.45) is 5.41 Å². The molecule has 3 rings (SSSR count). The summed E-state index contributed by atoms with van der Waals surface area (Å²) < 4.78 is 37.4. The van der Waals surface area contributed by atoms with Crippen LogP contribution in [0.5, 0.6) is 0 Å². The Bertz CT molecular complexity index is 581. The number of halogens is 2. The number of carbonyl (C=O) groups is 1. The van der Waals surface area contributed by atoms with E-state index in [1.165, 1.54) is 6.07 Å². The number of rotatable bonds is 3. The number of hydrogen-bond donors (Lipinski definition) is 0. The number of ether oxygens (including phenoxy) is 2. The number of benzene rings is 1. The number of methoxy groups -OCH3 is 1. The lowest BCUT2D eigenvalue weighted by Crippen LogP contribution is -2.53. The van der Waals surface area contributed by atoms with Gasteiger partial charge in [0, 0.05) is 37.8 Å². The number of piperidine rings is 1. The van der Waals surface area contributed by atoms with E-state index in [1.54, 1.807) is 12.0 Å². The van der Waals surface area contributed by atoms with Gasteiger partial charge in [0.05, 0.1) is 12.7 Å². The fraction of sp³-hybridized carbons (Fsp3) is 0.562. The Hall–Kier alpha value is -1.53. The zero-order valence-electron chi connectivity index (χ0n) is 12.5. The molecule has 0 bridgehead atoms. The minimum atomic E-state index is -1.00. The molecule has 0 saturated carbocycles. The van der Waals surface area contributed by atoms with Gasteiger partial charge in [-0.2, -0.15) is 0 Å². The molecule has 0 aromatic heterocycles. The number of amides is 1. The van der Waals surface area contributed by atoms with Gasteiger partial charge < -0.3 is 14.4 Å². The van der Waals surface area contributed by atoms with E-state index < -0.39 is 11.6 Å². The van der Waals surface area contributed by atoms with E-state index in [2.05, 4.69) is 0 Å². The predicted molar refractivity (Wildman–Crippen MR) is 75.5 cm³/mol. The molecule has 22 heavy (non-hydrogen) atoms. The molecule has 2 atom stereocenters. The molecule has 2 aliphatic rings. The maximum Gasteiger partial charge on any atom is 0.253 e. The summed E-state index contributed by atoms with van der Waals surface area (Å²) in [4.78, 5) is 14.2. The van der Waals surface area contributed by atoms with Crippen LogP contribution in [0.15, 0.2) is 18.2 Å². The predicted octanol–water partition coefficient (Wildman–Crippen LogP) is 2.23. The maximum absolute atomic E-state index is 13.3. The van der Waals surface area contributed by atoms with Crippen molar-refractivity contribution in [3.05, 3.63) is 35.4 Å². The number of hydrogen-bond acceptors (Lipinski definition) is 3. The van der Waals surface area contributed by atoms with Crippen LogP contribution >= 0.6 is 0 Å². The van der Waals surface area contributed by atoms with Gasteiger partial charge in [0.2, 0.25) is 0 Å². The van der Waals surface area contributed by atoms with Gasteiger partial charge in [0.1, 0.15) is 0 Å². The first-order chi connectivity index (χ1) is 10.6. The van der Waals surface area contributed by atoms with E-state index in [9.17, 15) is 13.6 Å². The molecule has 6 heteroatoms. The smallest absolute Gasteiger partial charge is 0.253 e. The Morgan fingerprint density at radius 1 is 1.45 bits per heavy atom. The summed E-state index contributed by atoms with van der Waals surface area (Å²) in [5.74, 6) is -2.23. The number of likely N-dealkylation sites (tertiary alicyclic amines) is 1. The van der Waals surface area contributed by atoms with E-state index in [1.807, 2.05) is 0 Å². The first kappa shape index (κ1) is 15.4. The van der Waals surface area contributed by atoms with Gasteiger partial charge in [-0.25, -0.2) is 8.78 Å². The summed E-state index contributed by atoms with van der Waals surface area (Å²) >= 11 is 0. The molecule has 120 valence electrons. The lowest BCUT2D eigenvalue weighted by Gasteiger charge is -2.43. The number of nitrogens with zero attached hydrogens (tertiary/aromatic N) is 1. The van der Waals surface area contributed by atoms with Crippen molar-refractivity contribution >= 4 is 5.91 Å². The molecule has 0 N–H and O–H groups in total. The molecular weight excluding hydrogens is 292 g/mol. The Labute approximate surface area is 128 Å². The summed E-state index contributed by atoms with van der Waals surface area (Å²) in [6.07, 6.45) is 1.67. The van der Waals surface area contributed by atoms with Crippen LogP contribution in [0.1, 0.15) is 23.2 Å². The van der Waals surface area contributed by atoms with Gasteiger partial charge in [-0.1, -0.05) is 0 Å². The average molecular weight is 311 g/mol. The van der Waals surface area contributed by atoms with Crippen LogP contribution in [0.4, 0.5) is 8.78 Å². The zero-order valence-corrected chi connectivity index (χ0v) is 12.5. The highest BCUT2D eigenvalue weighted by molar-refractivity contribution is 5.94. The highest BCUT2D eigenvalue weighted by Crippen LogP contribution is 2.41. The van der Waals surface area contributed by atoms with Gasteiger partial charge in [-0.15, -0.1) is 0 Å². The van der Waals surface area contributed by atoms with Crippen LogP contribution in [-0.4, -0.2) is 50.3 Å². The van der Waals surface area contributed by atoms with Gasteiger partial charge in [-0.3, -0.25) is 4.79 Å². The third kappa shape index (κ3) is 2.61. The van der Waals surface area contributed by atoms with E-state index in [-0.39, 0.29) is 23.0 Å². The maximum atomic E-state index is 13.3. The Morgan fingerprint density at radius 2 is 2.27 bits per heavy atom. The third-order valence-corrected chi connectivity index (χ3v) is 4.65. The molecule has 1 amide bonds. The summed E-state index contributed by atoms with van der Waals surface area (Å²) in [5, 5.41) is 0. The first-order valence-electron chi connectivity index (χ1n) is 7.41. The normalized spacial score (nSPS) is 27.8. The summed E-state index contributed by atoms with van der Waals surface area (Å²) in [6, 6.07) is 3.26. The van der Waals surface area contributed by atoms with Crippen molar-refractivity contribution in [2.45, 2.75) is 18.9 Å². The van der Waals surface area contributed by atoms with Crippen molar-refractivity contribution in [1.29, 1.82) is 0 Å². The van der Waals surface area contributed by atoms with Crippen LogP contribution in [0, 0.1) is 17.0 Å². The monoisotopic (exact) mass is 311 g/mol. The van der Waals surface area contributed by atoms with E-state index in [0.717, 1.165) is 25.0 Å². The van der Waals surface area contributed by atoms with Crippen LogP contribution in [0.2, 0.25) is 0 Å². The minimum absolute atomic E-state index is 0.0986. The third-order valence-electron chi connectivity index (χ3n) is 4.65. The second kappa shape index (κ2) is 5.93. The molecular formula is C16H19F2NO3. The van der Waals surface area contributed by atoms with Crippen LogP contribution in [-0.2, 0) is 9.47 Å². The van der Waals surface area contributed by atoms with Crippen molar-refractivity contribution in [2.75, 3.05) is 33.4 Å². The fourth-order valence-electron chi connectivity index (χ4n) is 3.53. The lowest BCUT2D eigenvalue weighted by atomic mass is 9.77. The zero-order chi connectivity index (χ0) is 15.7. The molecule has 4 nitrogen and oxygen atoms in total. The van der Waals surface area contributed by atoms with Crippen molar-refractivity contribution in [3.63, 3.8) is 0 Å². The highest BCUT2D eigenvalue weighted by atomic mass is 19.2. The van der Waals surface area contributed by atoms with Gasteiger partial charge in [0.25, 0.3) is 5.91 Å². The van der Waals surface area contributed by atoms with Gasteiger partial charge in [-0.05, 0) is 31.0 Å². The topological polar surface area (TPSA) is 38.8 Å². The summed E-state index contributed by atoms with van der Waals surface area (Å²) in [5.41, 5.74) is -0.0230. The molecule has 0 aliphatic carbocycles. The number of carbonyl (C=O) groups excluding carboxylic acids is 1. The Morgan fingerprint density at radius 3 is 3.00 bits per heavy atom. The van der Waals surface area contributed by atoms with Crippen LogP contribution < -0.4 is 0 Å². The molecule has 1 aromatic carbocycles. The van der Waals surface area contributed by atoms with Gasteiger partial charge >= 0.3 is 0 Å². The minimum Gasteiger partial charge on any atom is -0.384 e. The molecule has 2 fully saturated rings. The van der Waals surface area contributed by atoms with E-state index in [0.29, 0.717) is 26.3 Å². The van der Waals surface area contributed by atoms with Crippen molar-refractivity contribution in [3.8, 4) is 0 Å². The average Bonchev–Trinajstić information content (AvgIpc) is 2.92. The molecule has 2 aliphatic heterocycles. The lowest BCUT2D eigenvalue weighted by molar-refractivity contribution is -0.0469. The molecule has 0 unspecified atom stereocenters. The first-order valence-corrected chi connectivity index (χ1v) is 7.41. The quantitative estimate of drug-likeness (QED) is 0.859. The van der Waals surface area contributed by atoms with E-state index >= 15 is 0 Å². The SMILES string of the molecule is COC[C@]12CCO[C@H]1CCN(C(=O)c1ccc(F)c(F)c1)C2. The van der Waals surface area contributed by atoms with Crippen LogP contribution in [0.3, 0.4) is 0 Å². The molecule has 0 spiro atoms. The largest absolute Gasteiger partial charge is 0.384 e. The Balaban J connectivity index is 1.80. The fourth-order valence-corrected chi connectivity index (χ4v) is 3.53. The van der Waals surface area contributed by atoms with Crippen LogP contribution in [0.25, 0.3) is 0 Å². The summed E-state index contributed by atoms with van der Waals surface area (Å²) in [6.45, 7) is 2.26. The highest BCUT2D eigenvalue weighted by Gasteiger charge is 2.48. The Kier molecular flexibility index (Phi) is 4.14. The molecule has 1 aromatic rings. The molecule has 2 heterocycles. The molecule has 2 saturated heterocycles. The second-order valence-electron chi connectivity index (χ2n) is 6.05. The van der Waals surface area contributed by atoms with Crippen molar-refractivity contribution < 1.29 is 23.0 Å². The van der Waals surface area contributed by atoms with E-state index in [4.69, 9.17) is 9.47 Å². The number of fused-ring (bicyclic) bond motifs is 1. The standard InChI is InChI=1S/C16H19F2NO3/c1-21-10-16-5-7-22-14(16)4-6-19(9-16)15(20)11-2-3-12(17)13(18)8-11/h2-3,8,14H,4-7,9-10H2,1H3/t14-,16+/m0/s1. The second-order valence-corrected chi connectivity index (χ2v) is 6.05. The van der Waals surface area contributed by atoms with Crippen molar-refractivity contribution in [1.82, 2.24) is 4.90 Å². The molecule has 0 radical (unpaired) electrons.